The number of aromatic nitrogens is 4. The molecule has 0 saturated carbocycles. The number of hydrogen-bond acceptors (Lipinski definition) is 5. The van der Waals surface area contributed by atoms with Gasteiger partial charge in [-0.3, -0.25) is 9.59 Å². The maximum atomic E-state index is 13.8. The zero-order valence-electron chi connectivity index (χ0n) is 10.8. The Balaban J connectivity index is 1.80. The summed E-state index contributed by atoms with van der Waals surface area (Å²) in [6, 6.07) is 4.13. The van der Waals surface area contributed by atoms with E-state index in [1.807, 2.05) is 0 Å². The van der Waals surface area contributed by atoms with Crippen molar-refractivity contribution < 1.29 is 14.0 Å². The van der Waals surface area contributed by atoms with Crippen molar-refractivity contribution >= 4 is 17.5 Å². The summed E-state index contributed by atoms with van der Waals surface area (Å²) in [7, 11) is 0. The second-order valence-corrected chi connectivity index (χ2v) is 4.61. The van der Waals surface area contributed by atoms with Crippen LogP contribution in [-0.4, -0.2) is 38.6 Å². The first-order valence-electron chi connectivity index (χ1n) is 6.24. The Kier molecular flexibility index (Phi) is 3.30. The summed E-state index contributed by atoms with van der Waals surface area (Å²) < 4.78 is 15.1. The third kappa shape index (κ3) is 2.71. The van der Waals surface area contributed by atoms with Crippen molar-refractivity contribution in [2.45, 2.75) is 6.42 Å². The van der Waals surface area contributed by atoms with Gasteiger partial charge in [-0.15, -0.1) is 5.10 Å². The summed E-state index contributed by atoms with van der Waals surface area (Å²) in [5.41, 5.74) is 0.532. The second kappa shape index (κ2) is 5.27. The molecule has 1 unspecified atom stereocenters. The Morgan fingerprint density at radius 3 is 3.00 bits per heavy atom. The molecular weight excluding hydrogens is 279 g/mol. The van der Waals surface area contributed by atoms with E-state index in [1.165, 1.54) is 29.2 Å². The van der Waals surface area contributed by atoms with E-state index in [2.05, 4.69) is 26.2 Å². The van der Waals surface area contributed by atoms with Gasteiger partial charge in [-0.25, -0.2) is 9.07 Å². The molecule has 8 nitrogen and oxygen atoms in total. The van der Waals surface area contributed by atoms with Crippen molar-refractivity contribution in [1.29, 1.82) is 0 Å². The average Bonchev–Trinajstić information content (AvgIpc) is 3.12. The molecule has 2 aromatic rings. The molecule has 1 fully saturated rings. The number of carbonyl (C=O) groups excluding carboxylic acids is 2. The summed E-state index contributed by atoms with van der Waals surface area (Å²) in [6.45, 7) is 0.263. The third-order valence-electron chi connectivity index (χ3n) is 3.17. The lowest BCUT2D eigenvalue weighted by Gasteiger charge is -2.11. The van der Waals surface area contributed by atoms with Crippen molar-refractivity contribution in [1.82, 2.24) is 25.5 Å². The predicted molar refractivity (Wildman–Crippen MR) is 68.9 cm³/mol. The molecule has 1 aliphatic rings. The van der Waals surface area contributed by atoms with Crippen LogP contribution in [-0.2, 0) is 9.59 Å². The maximum Gasteiger partial charge on any atom is 0.229 e. The summed E-state index contributed by atoms with van der Waals surface area (Å²) >= 11 is 0. The van der Waals surface area contributed by atoms with Crippen molar-refractivity contribution in [3.63, 3.8) is 0 Å². The number of carbonyl (C=O) groups is 2. The molecule has 9 heteroatoms. The lowest BCUT2D eigenvalue weighted by atomic mass is 10.1. The molecule has 1 aliphatic heterocycles. The Morgan fingerprint density at radius 1 is 1.48 bits per heavy atom. The number of amides is 2. The highest BCUT2D eigenvalue weighted by molar-refractivity contribution is 5.97. The summed E-state index contributed by atoms with van der Waals surface area (Å²) in [5.74, 6) is -1.65. The highest BCUT2D eigenvalue weighted by atomic mass is 19.1. The third-order valence-corrected chi connectivity index (χ3v) is 3.17. The number of nitrogens with one attached hydrogen (secondary N) is 2. The van der Waals surface area contributed by atoms with Gasteiger partial charge in [0, 0.05) is 13.0 Å². The largest absolute Gasteiger partial charge is 0.355 e. The van der Waals surface area contributed by atoms with E-state index >= 15 is 0 Å². The highest BCUT2D eigenvalue weighted by Crippen LogP contribution is 2.20. The lowest BCUT2D eigenvalue weighted by Crippen LogP contribution is -2.25. The van der Waals surface area contributed by atoms with Crippen LogP contribution in [0.4, 0.5) is 10.1 Å². The van der Waals surface area contributed by atoms with Crippen LogP contribution in [0.5, 0.6) is 0 Å². The topological polar surface area (TPSA) is 102 Å². The fraction of sp³-hybridized carbons (Fsp3) is 0.250. The molecule has 3 rings (SSSR count). The van der Waals surface area contributed by atoms with Gasteiger partial charge >= 0.3 is 0 Å². The lowest BCUT2D eigenvalue weighted by molar-refractivity contribution is -0.123. The molecule has 0 radical (unpaired) electrons. The molecule has 0 spiro atoms. The van der Waals surface area contributed by atoms with Gasteiger partial charge in [0.25, 0.3) is 0 Å². The molecule has 1 atom stereocenters. The van der Waals surface area contributed by atoms with E-state index in [1.54, 1.807) is 0 Å². The number of benzene rings is 1. The standard InChI is InChI=1S/C12H11FN6O2/c13-9-2-1-8(19-6-15-17-18-19)4-10(9)16-12(21)7-3-11(20)14-5-7/h1-2,4,6-7H,3,5H2,(H,14,20)(H,16,21). The minimum atomic E-state index is -0.572. The van der Waals surface area contributed by atoms with E-state index in [0.29, 0.717) is 5.69 Å². The van der Waals surface area contributed by atoms with E-state index < -0.39 is 17.6 Å². The van der Waals surface area contributed by atoms with Gasteiger partial charge in [-0.2, -0.15) is 0 Å². The minimum Gasteiger partial charge on any atom is -0.355 e. The van der Waals surface area contributed by atoms with Crippen LogP contribution in [0.15, 0.2) is 24.5 Å². The second-order valence-electron chi connectivity index (χ2n) is 4.61. The Morgan fingerprint density at radius 2 is 2.33 bits per heavy atom. The van der Waals surface area contributed by atoms with E-state index in [0.717, 1.165) is 0 Å². The molecule has 1 aromatic heterocycles. The SMILES string of the molecule is O=C1CC(C(=O)Nc2cc(-n3cnnn3)ccc2F)CN1. The number of anilines is 1. The molecule has 1 saturated heterocycles. The molecule has 108 valence electrons. The predicted octanol–water partition coefficient (Wildman–Crippen LogP) is -0.124. The number of nitrogens with zero attached hydrogens (tertiary/aromatic N) is 4. The zero-order chi connectivity index (χ0) is 14.8. The first-order valence-corrected chi connectivity index (χ1v) is 6.24. The number of rotatable bonds is 3. The van der Waals surface area contributed by atoms with Gasteiger partial charge < -0.3 is 10.6 Å². The normalized spacial score (nSPS) is 17.6. The maximum absolute atomic E-state index is 13.8. The summed E-state index contributed by atoms with van der Waals surface area (Å²) in [5, 5.41) is 15.7. The van der Waals surface area contributed by atoms with Crippen molar-refractivity contribution in [2.75, 3.05) is 11.9 Å². The fourth-order valence-electron chi connectivity index (χ4n) is 2.06. The first-order chi connectivity index (χ1) is 10.1. The van der Waals surface area contributed by atoms with E-state index in [-0.39, 0.29) is 24.6 Å². The molecule has 1 aromatic carbocycles. The summed E-state index contributed by atoms with van der Waals surface area (Å²) in [6.07, 6.45) is 1.47. The molecule has 2 amide bonds. The zero-order valence-corrected chi connectivity index (χ0v) is 10.8. The molecular formula is C12H11FN6O2. The van der Waals surface area contributed by atoms with Gasteiger partial charge in [-0.05, 0) is 28.6 Å². The van der Waals surface area contributed by atoms with Gasteiger partial charge in [0.15, 0.2) is 0 Å². The number of tetrazole rings is 1. The Bertz CT molecular complexity index is 687. The van der Waals surface area contributed by atoms with Crippen molar-refractivity contribution in [3.05, 3.63) is 30.3 Å². The smallest absolute Gasteiger partial charge is 0.229 e. The van der Waals surface area contributed by atoms with Crippen LogP contribution in [0, 0.1) is 11.7 Å². The van der Waals surface area contributed by atoms with Crippen LogP contribution in [0.1, 0.15) is 6.42 Å². The molecule has 2 N–H and O–H groups in total. The molecule has 0 aliphatic carbocycles. The molecule has 2 heterocycles. The molecule has 21 heavy (non-hydrogen) atoms. The van der Waals surface area contributed by atoms with E-state index in [4.69, 9.17) is 0 Å². The Hall–Kier alpha value is -2.84. The first kappa shape index (κ1) is 13.2. The van der Waals surface area contributed by atoms with Crippen LogP contribution in [0.2, 0.25) is 0 Å². The monoisotopic (exact) mass is 290 g/mol. The van der Waals surface area contributed by atoms with Crippen molar-refractivity contribution in [2.24, 2.45) is 5.92 Å². The van der Waals surface area contributed by atoms with Gasteiger partial charge in [0.05, 0.1) is 17.3 Å². The fourth-order valence-corrected chi connectivity index (χ4v) is 2.06. The summed E-state index contributed by atoms with van der Waals surface area (Å²) in [4.78, 5) is 23.1. The van der Waals surface area contributed by atoms with E-state index in [9.17, 15) is 14.0 Å². The quantitative estimate of drug-likeness (QED) is 0.820. The number of halogens is 1. The average molecular weight is 290 g/mol. The van der Waals surface area contributed by atoms with Gasteiger partial charge in [-0.1, -0.05) is 0 Å². The Labute approximate surface area is 118 Å². The number of hydrogen-bond donors (Lipinski definition) is 2. The highest BCUT2D eigenvalue weighted by Gasteiger charge is 2.28. The molecule has 0 bridgehead atoms. The van der Waals surface area contributed by atoms with Crippen LogP contribution < -0.4 is 10.6 Å². The van der Waals surface area contributed by atoms with Crippen LogP contribution in [0.25, 0.3) is 5.69 Å². The van der Waals surface area contributed by atoms with Crippen LogP contribution in [0.3, 0.4) is 0 Å². The van der Waals surface area contributed by atoms with Crippen LogP contribution >= 0.6 is 0 Å². The van der Waals surface area contributed by atoms with Gasteiger partial charge in [0.1, 0.15) is 12.1 Å². The van der Waals surface area contributed by atoms with Crippen molar-refractivity contribution in [3.8, 4) is 5.69 Å². The minimum absolute atomic E-state index is 0.0207. The van der Waals surface area contributed by atoms with Gasteiger partial charge in [0.2, 0.25) is 11.8 Å².